The van der Waals surface area contributed by atoms with Crippen molar-refractivity contribution in [1.29, 1.82) is 0 Å². The Balaban J connectivity index is 1.45. The fraction of sp³-hybridized carbons (Fsp3) is 0.0769. The maximum Gasteiger partial charge on any atom is 0.0965 e. The number of benzene rings is 3. The lowest BCUT2D eigenvalue weighted by Crippen LogP contribution is -2.07. The van der Waals surface area contributed by atoms with Gasteiger partial charge in [-0.25, -0.2) is 0 Å². The van der Waals surface area contributed by atoms with Crippen LogP contribution >= 0.6 is 11.3 Å². The molecule has 136 valence electrons. The third-order valence-corrected chi connectivity index (χ3v) is 6.46. The molecule has 1 aliphatic heterocycles. The predicted molar refractivity (Wildman–Crippen MR) is 123 cm³/mol. The van der Waals surface area contributed by atoms with E-state index >= 15 is 0 Å². The fourth-order valence-electron chi connectivity index (χ4n) is 3.76. The van der Waals surface area contributed by atoms with E-state index in [4.69, 9.17) is 0 Å². The van der Waals surface area contributed by atoms with E-state index in [0.29, 0.717) is 0 Å². The van der Waals surface area contributed by atoms with E-state index in [9.17, 15) is 0 Å². The Morgan fingerprint density at radius 1 is 0.750 bits per heavy atom. The number of aryl methyl sites for hydroxylation is 1. The van der Waals surface area contributed by atoms with Crippen molar-refractivity contribution in [3.8, 4) is 21.6 Å². The van der Waals surface area contributed by atoms with Crippen LogP contribution in [0.25, 0.3) is 33.2 Å². The first kappa shape index (κ1) is 17.0. The Labute approximate surface area is 170 Å². The summed E-state index contributed by atoms with van der Waals surface area (Å²) >= 11 is 1.83. The highest BCUT2D eigenvalue weighted by Crippen LogP contribution is 2.40. The van der Waals surface area contributed by atoms with Gasteiger partial charge in [0, 0.05) is 17.0 Å². The van der Waals surface area contributed by atoms with Gasteiger partial charge in [-0.3, -0.25) is 0 Å². The first-order valence-electron chi connectivity index (χ1n) is 9.58. The van der Waals surface area contributed by atoms with E-state index in [2.05, 4.69) is 103 Å². The molecule has 28 heavy (non-hydrogen) atoms. The van der Waals surface area contributed by atoms with Gasteiger partial charge in [0.15, 0.2) is 0 Å². The Morgan fingerprint density at radius 2 is 1.46 bits per heavy atom. The molecule has 0 radical (unpaired) electrons. The number of hydrogen-bond donors (Lipinski definition) is 1. The van der Waals surface area contributed by atoms with Gasteiger partial charge in [-0.1, -0.05) is 78.9 Å². The standard InChI is InChI=1S/C26H21NS/c1-18-7-5-6-10-24(18)20-11-13-21(14-12-20)25-16-22-15-23(17-27-26(22)28-25)19-8-3-2-4-9-19/h2-16,27H,17H2,1H3. The van der Waals surface area contributed by atoms with Crippen LogP contribution in [-0.4, -0.2) is 6.54 Å². The zero-order valence-corrected chi connectivity index (χ0v) is 16.6. The molecule has 4 aromatic rings. The molecule has 5 rings (SSSR count). The van der Waals surface area contributed by atoms with Crippen LogP contribution in [0.4, 0.5) is 5.00 Å². The Hall–Kier alpha value is -3.10. The Kier molecular flexibility index (Phi) is 4.34. The van der Waals surface area contributed by atoms with Crippen LogP contribution in [-0.2, 0) is 0 Å². The molecule has 0 unspecified atom stereocenters. The summed E-state index contributed by atoms with van der Waals surface area (Å²) in [7, 11) is 0. The van der Waals surface area contributed by atoms with Gasteiger partial charge < -0.3 is 5.32 Å². The summed E-state index contributed by atoms with van der Waals surface area (Å²) < 4.78 is 0. The highest BCUT2D eigenvalue weighted by molar-refractivity contribution is 7.19. The quantitative estimate of drug-likeness (QED) is 0.392. The summed E-state index contributed by atoms with van der Waals surface area (Å²) in [5, 5.41) is 4.86. The van der Waals surface area contributed by atoms with E-state index in [1.165, 1.54) is 48.8 Å². The number of fused-ring (bicyclic) bond motifs is 1. The summed E-state index contributed by atoms with van der Waals surface area (Å²) in [5.74, 6) is 0. The third kappa shape index (κ3) is 3.17. The van der Waals surface area contributed by atoms with Crippen LogP contribution in [0.15, 0.2) is 84.9 Å². The van der Waals surface area contributed by atoms with Crippen molar-refractivity contribution >= 4 is 28.0 Å². The van der Waals surface area contributed by atoms with Crippen molar-refractivity contribution in [2.24, 2.45) is 0 Å². The lowest BCUT2D eigenvalue weighted by molar-refractivity contribution is 1.35. The largest absolute Gasteiger partial charge is 0.372 e. The first-order valence-corrected chi connectivity index (χ1v) is 10.4. The number of nitrogens with one attached hydrogen (secondary N) is 1. The molecule has 1 aromatic heterocycles. The molecular weight excluding hydrogens is 358 g/mol. The molecule has 0 saturated heterocycles. The normalized spacial score (nSPS) is 12.8. The summed E-state index contributed by atoms with van der Waals surface area (Å²) in [6.45, 7) is 3.04. The SMILES string of the molecule is Cc1ccccc1-c1ccc(-c2cc3c(s2)NCC(c2ccccc2)=C3)cc1. The van der Waals surface area contributed by atoms with Crippen molar-refractivity contribution < 1.29 is 0 Å². The molecule has 0 aliphatic carbocycles. The molecule has 0 bridgehead atoms. The third-order valence-electron chi connectivity index (χ3n) is 5.30. The minimum atomic E-state index is 0.878. The van der Waals surface area contributed by atoms with E-state index in [1.807, 2.05) is 11.3 Å². The number of anilines is 1. The number of hydrogen-bond acceptors (Lipinski definition) is 2. The summed E-state index contributed by atoms with van der Waals surface area (Å²) in [6.07, 6.45) is 2.32. The number of thiophene rings is 1. The maximum absolute atomic E-state index is 3.60. The number of rotatable bonds is 3. The van der Waals surface area contributed by atoms with E-state index in [-0.39, 0.29) is 0 Å². The highest BCUT2D eigenvalue weighted by Gasteiger charge is 2.15. The highest BCUT2D eigenvalue weighted by atomic mass is 32.1. The smallest absolute Gasteiger partial charge is 0.0965 e. The fourth-order valence-corrected chi connectivity index (χ4v) is 4.80. The minimum absolute atomic E-state index is 0.878. The van der Waals surface area contributed by atoms with Gasteiger partial charge in [0.05, 0.1) is 5.00 Å². The summed E-state index contributed by atoms with van der Waals surface area (Å²) in [6, 6.07) is 30.4. The summed E-state index contributed by atoms with van der Waals surface area (Å²) in [5.41, 5.74) is 9.07. The lowest BCUT2D eigenvalue weighted by Gasteiger charge is -2.15. The van der Waals surface area contributed by atoms with Crippen molar-refractivity contribution in [2.75, 3.05) is 11.9 Å². The Morgan fingerprint density at radius 3 is 2.25 bits per heavy atom. The monoisotopic (exact) mass is 379 g/mol. The van der Waals surface area contributed by atoms with Crippen LogP contribution in [0, 0.1) is 6.92 Å². The van der Waals surface area contributed by atoms with Crippen molar-refractivity contribution in [1.82, 2.24) is 0 Å². The van der Waals surface area contributed by atoms with Crippen LogP contribution in [0.5, 0.6) is 0 Å². The van der Waals surface area contributed by atoms with E-state index in [0.717, 1.165) is 6.54 Å². The zero-order valence-electron chi connectivity index (χ0n) is 15.8. The molecule has 0 saturated carbocycles. The second-order valence-electron chi connectivity index (χ2n) is 7.18. The molecule has 1 N–H and O–H groups in total. The lowest BCUT2D eigenvalue weighted by atomic mass is 9.99. The second-order valence-corrected chi connectivity index (χ2v) is 8.23. The maximum atomic E-state index is 3.60. The van der Waals surface area contributed by atoms with E-state index in [1.54, 1.807) is 0 Å². The molecular formula is C26H21NS. The van der Waals surface area contributed by atoms with Gasteiger partial charge in [0.25, 0.3) is 0 Å². The molecule has 1 nitrogen and oxygen atoms in total. The van der Waals surface area contributed by atoms with Crippen LogP contribution in [0.3, 0.4) is 0 Å². The average molecular weight is 380 g/mol. The molecule has 1 aliphatic rings. The first-order chi connectivity index (χ1) is 13.8. The van der Waals surface area contributed by atoms with Crippen LogP contribution < -0.4 is 5.32 Å². The van der Waals surface area contributed by atoms with Gasteiger partial charge >= 0.3 is 0 Å². The predicted octanol–water partition coefficient (Wildman–Crippen LogP) is 7.36. The van der Waals surface area contributed by atoms with Gasteiger partial charge in [-0.15, -0.1) is 11.3 Å². The van der Waals surface area contributed by atoms with Crippen molar-refractivity contribution in [3.05, 3.63) is 102 Å². The molecule has 3 aromatic carbocycles. The van der Waals surface area contributed by atoms with Crippen molar-refractivity contribution in [2.45, 2.75) is 6.92 Å². The van der Waals surface area contributed by atoms with Gasteiger partial charge in [0.1, 0.15) is 0 Å². The zero-order chi connectivity index (χ0) is 18.9. The van der Waals surface area contributed by atoms with Crippen LogP contribution in [0.2, 0.25) is 0 Å². The second kappa shape index (κ2) is 7.14. The molecule has 2 heteroatoms. The topological polar surface area (TPSA) is 12.0 Å². The van der Waals surface area contributed by atoms with E-state index < -0.39 is 0 Å². The average Bonchev–Trinajstić information content (AvgIpc) is 3.18. The van der Waals surface area contributed by atoms with Crippen LogP contribution in [0.1, 0.15) is 16.7 Å². The molecule has 0 amide bonds. The molecule has 0 spiro atoms. The van der Waals surface area contributed by atoms with Gasteiger partial charge in [-0.05, 0) is 52.5 Å². The molecule has 0 fully saturated rings. The Bertz CT molecular complexity index is 1150. The van der Waals surface area contributed by atoms with Gasteiger partial charge in [-0.2, -0.15) is 0 Å². The minimum Gasteiger partial charge on any atom is -0.372 e. The molecule has 0 atom stereocenters. The van der Waals surface area contributed by atoms with Crippen molar-refractivity contribution in [3.63, 3.8) is 0 Å². The van der Waals surface area contributed by atoms with Gasteiger partial charge in [0.2, 0.25) is 0 Å². The summed E-state index contributed by atoms with van der Waals surface area (Å²) in [4.78, 5) is 1.30. The molecule has 2 heterocycles.